The summed E-state index contributed by atoms with van der Waals surface area (Å²) in [5, 5.41) is 3.05. The molecule has 0 spiro atoms. The summed E-state index contributed by atoms with van der Waals surface area (Å²) in [7, 11) is -2.98. The number of nitrogen functional groups attached to an aromatic ring is 1. The average molecular weight is 243 g/mol. The van der Waals surface area contributed by atoms with E-state index in [1.165, 1.54) is 6.26 Å². The maximum Gasteiger partial charge on any atom is 0.149 e. The van der Waals surface area contributed by atoms with Crippen molar-refractivity contribution >= 4 is 21.3 Å². The molecule has 0 fully saturated rings. The highest BCUT2D eigenvalue weighted by Gasteiger charge is 2.11. The van der Waals surface area contributed by atoms with E-state index in [9.17, 15) is 8.42 Å². The van der Waals surface area contributed by atoms with Crippen LogP contribution in [0.2, 0.25) is 0 Å². The number of anilines is 2. The number of nitrogens with zero attached hydrogens (tertiary/aromatic N) is 1. The number of hydrogen-bond acceptors (Lipinski definition) is 5. The molecule has 16 heavy (non-hydrogen) atoms. The van der Waals surface area contributed by atoms with Gasteiger partial charge in [-0.2, -0.15) is 0 Å². The van der Waals surface area contributed by atoms with Gasteiger partial charge >= 0.3 is 0 Å². The van der Waals surface area contributed by atoms with Crippen molar-refractivity contribution in [2.45, 2.75) is 19.9 Å². The molecule has 1 rings (SSSR count). The van der Waals surface area contributed by atoms with Crippen LogP contribution in [0.5, 0.6) is 0 Å². The quantitative estimate of drug-likeness (QED) is 0.817. The van der Waals surface area contributed by atoms with Crippen LogP contribution in [0.1, 0.15) is 12.5 Å². The Hall–Kier alpha value is -1.30. The van der Waals surface area contributed by atoms with Crippen LogP contribution >= 0.6 is 0 Å². The highest BCUT2D eigenvalue weighted by atomic mass is 32.2. The van der Waals surface area contributed by atoms with Gasteiger partial charge < -0.3 is 11.1 Å². The van der Waals surface area contributed by atoms with E-state index in [4.69, 9.17) is 5.73 Å². The Morgan fingerprint density at radius 1 is 1.56 bits per heavy atom. The molecule has 0 aliphatic carbocycles. The number of aromatic nitrogens is 1. The fourth-order valence-electron chi connectivity index (χ4n) is 1.48. The molecule has 0 aliphatic rings. The first-order valence-electron chi connectivity index (χ1n) is 4.94. The maximum atomic E-state index is 11.1. The Balaban J connectivity index is 2.73. The summed E-state index contributed by atoms with van der Waals surface area (Å²) in [4.78, 5) is 4.12. The average Bonchev–Trinajstić information content (AvgIpc) is 2.06. The van der Waals surface area contributed by atoms with Crippen LogP contribution in [0.25, 0.3) is 0 Å². The zero-order valence-corrected chi connectivity index (χ0v) is 10.5. The van der Waals surface area contributed by atoms with Crippen molar-refractivity contribution in [2.75, 3.05) is 23.1 Å². The molecule has 0 amide bonds. The van der Waals surface area contributed by atoms with Gasteiger partial charge in [0.2, 0.25) is 0 Å². The second-order valence-electron chi connectivity index (χ2n) is 4.07. The number of rotatable bonds is 4. The molecule has 1 heterocycles. The third kappa shape index (κ3) is 4.06. The van der Waals surface area contributed by atoms with Crippen LogP contribution in [-0.4, -0.2) is 31.5 Å². The summed E-state index contributed by atoms with van der Waals surface area (Å²) in [6.45, 7) is 3.68. The molecular weight excluding hydrogens is 226 g/mol. The van der Waals surface area contributed by atoms with Gasteiger partial charge in [0.15, 0.2) is 0 Å². The van der Waals surface area contributed by atoms with E-state index in [1.807, 2.05) is 6.92 Å². The molecule has 3 N–H and O–H groups in total. The van der Waals surface area contributed by atoms with Crippen molar-refractivity contribution in [1.29, 1.82) is 0 Å². The minimum atomic E-state index is -2.98. The number of pyridine rings is 1. The Bertz CT molecular complexity index is 471. The topological polar surface area (TPSA) is 85.1 Å². The lowest BCUT2D eigenvalue weighted by Crippen LogP contribution is -2.25. The highest BCUT2D eigenvalue weighted by Crippen LogP contribution is 2.14. The molecule has 6 heteroatoms. The first-order valence-corrected chi connectivity index (χ1v) is 7.00. The van der Waals surface area contributed by atoms with E-state index in [0.29, 0.717) is 11.5 Å². The smallest absolute Gasteiger partial charge is 0.149 e. The zero-order valence-electron chi connectivity index (χ0n) is 9.69. The fourth-order valence-corrected chi connectivity index (χ4v) is 2.47. The molecule has 90 valence electrons. The van der Waals surface area contributed by atoms with Gasteiger partial charge in [-0.05, 0) is 25.5 Å². The number of nitrogens with two attached hydrogens (primary N) is 1. The second kappa shape index (κ2) is 4.69. The molecule has 1 aromatic rings. The zero-order chi connectivity index (χ0) is 12.3. The lowest BCUT2D eigenvalue weighted by atomic mass is 10.2. The van der Waals surface area contributed by atoms with Crippen LogP contribution in [0, 0.1) is 6.92 Å². The first kappa shape index (κ1) is 12.8. The minimum Gasteiger partial charge on any atom is -0.397 e. The van der Waals surface area contributed by atoms with E-state index < -0.39 is 9.84 Å². The molecule has 1 unspecified atom stereocenters. The first-order chi connectivity index (χ1) is 7.28. The van der Waals surface area contributed by atoms with Gasteiger partial charge in [0.1, 0.15) is 15.7 Å². The van der Waals surface area contributed by atoms with Gasteiger partial charge in [-0.15, -0.1) is 0 Å². The van der Waals surface area contributed by atoms with E-state index in [1.54, 1.807) is 19.2 Å². The third-order valence-corrected chi connectivity index (χ3v) is 3.14. The second-order valence-corrected chi connectivity index (χ2v) is 6.26. The molecular formula is C10H17N3O2S. The van der Waals surface area contributed by atoms with Gasteiger partial charge in [-0.25, -0.2) is 13.4 Å². The van der Waals surface area contributed by atoms with Gasteiger partial charge in [0.05, 0.1) is 17.6 Å². The largest absolute Gasteiger partial charge is 0.397 e. The molecule has 0 saturated heterocycles. The van der Waals surface area contributed by atoms with Crippen LogP contribution in [0.4, 0.5) is 11.5 Å². The normalized spacial score (nSPS) is 13.4. The summed E-state index contributed by atoms with van der Waals surface area (Å²) >= 11 is 0. The van der Waals surface area contributed by atoms with Crippen LogP contribution < -0.4 is 11.1 Å². The SMILES string of the molecule is Cc1cc(N)cnc1NC(C)CS(C)(=O)=O. The van der Waals surface area contributed by atoms with Crippen molar-refractivity contribution < 1.29 is 8.42 Å². The van der Waals surface area contributed by atoms with Crippen molar-refractivity contribution in [3.8, 4) is 0 Å². The van der Waals surface area contributed by atoms with E-state index >= 15 is 0 Å². The standard InChI is InChI=1S/C10H17N3O2S/c1-7-4-9(11)5-12-10(7)13-8(2)6-16(3,14)15/h4-5,8H,6,11H2,1-3H3,(H,12,13). The van der Waals surface area contributed by atoms with E-state index in [-0.39, 0.29) is 11.8 Å². The van der Waals surface area contributed by atoms with E-state index in [0.717, 1.165) is 5.56 Å². The molecule has 1 aromatic heterocycles. The number of nitrogens with one attached hydrogen (secondary N) is 1. The molecule has 1 atom stereocenters. The van der Waals surface area contributed by atoms with Crippen molar-refractivity contribution in [3.63, 3.8) is 0 Å². The third-order valence-electron chi connectivity index (χ3n) is 2.04. The Labute approximate surface area is 96.0 Å². The van der Waals surface area contributed by atoms with Gasteiger partial charge in [-0.3, -0.25) is 0 Å². The highest BCUT2D eigenvalue weighted by molar-refractivity contribution is 7.90. The summed E-state index contributed by atoms with van der Waals surface area (Å²) in [5.74, 6) is 0.753. The molecule has 0 radical (unpaired) electrons. The predicted octanol–water partition coefficient (Wildman–Crippen LogP) is 0.817. The van der Waals surface area contributed by atoms with Crippen LogP contribution in [-0.2, 0) is 9.84 Å². The van der Waals surface area contributed by atoms with E-state index in [2.05, 4.69) is 10.3 Å². The lowest BCUT2D eigenvalue weighted by molar-refractivity contribution is 0.598. The summed E-state index contributed by atoms with van der Waals surface area (Å²) < 4.78 is 22.2. The molecule has 0 aliphatic heterocycles. The maximum absolute atomic E-state index is 11.1. The van der Waals surface area contributed by atoms with Crippen molar-refractivity contribution in [3.05, 3.63) is 17.8 Å². The Kier molecular flexibility index (Phi) is 3.74. The van der Waals surface area contributed by atoms with Crippen LogP contribution in [0.15, 0.2) is 12.3 Å². The minimum absolute atomic E-state index is 0.0818. The van der Waals surface area contributed by atoms with Gasteiger partial charge in [0.25, 0.3) is 0 Å². The monoisotopic (exact) mass is 243 g/mol. The number of sulfone groups is 1. The summed E-state index contributed by atoms with van der Waals surface area (Å²) in [6.07, 6.45) is 2.76. The summed E-state index contributed by atoms with van der Waals surface area (Å²) in [6, 6.07) is 1.62. The molecule has 0 aromatic carbocycles. The Morgan fingerprint density at radius 2 is 2.19 bits per heavy atom. The number of hydrogen-bond donors (Lipinski definition) is 2. The molecule has 0 saturated carbocycles. The van der Waals surface area contributed by atoms with Crippen molar-refractivity contribution in [2.24, 2.45) is 0 Å². The lowest BCUT2D eigenvalue weighted by Gasteiger charge is -2.15. The fraction of sp³-hybridized carbons (Fsp3) is 0.500. The number of aryl methyl sites for hydroxylation is 1. The van der Waals surface area contributed by atoms with Crippen molar-refractivity contribution in [1.82, 2.24) is 4.98 Å². The van der Waals surface area contributed by atoms with Gasteiger partial charge in [-0.1, -0.05) is 0 Å². The molecule has 0 bridgehead atoms. The van der Waals surface area contributed by atoms with Gasteiger partial charge in [0, 0.05) is 12.3 Å². The van der Waals surface area contributed by atoms with Crippen LogP contribution in [0.3, 0.4) is 0 Å². The molecule has 5 nitrogen and oxygen atoms in total. The Morgan fingerprint density at radius 3 is 2.69 bits per heavy atom. The predicted molar refractivity (Wildman–Crippen MR) is 66.2 cm³/mol. The summed E-state index contributed by atoms with van der Waals surface area (Å²) in [5.41, 5.74) is 7.07.